The molecule has 7 atom stereocenters. The van der Waals surface area contributed by atoms with E-state index in [9.17, 15) is 34.8 Å². The van der Waals surface area contributed by atoms with Gasteiger partial charge in [0.25, 0.3) is 5.91 Å². The van der Waals surface area contributed by atoms with Crippen molar-refractivity contribution in [3.63, 3.8) is 0 Å². The molecule has 11 heteroatoms. The molecule has 0 spiro atoms. The molecular formula is C28H33N3O8. The number of aliphatic hydroxyl groups excluding tert-OH is 2. The smallest absolute Gasteiger partial charge is 0.255 e. The average Bonchev–Trinajstić information content (AvgIpc) is 3.51. The Morgan fingerprint density at radius 3 is 2.46 bits per heavy atom. The number of carbonyl (C=O) groups is 3. The van der Waals surface area contributed by atoms with Crippen molar-refractivity contribution in [2.24, 2.45) is 29.4 Å². The third kappa shape index (κ3) is 3.23. The molecule has 0 aromatic heterocycles. The second-order valence-corrected chi connectivity index (χ2v) is 11.9. The molecule has 208 valence electrons. The molecular weight excluding hydrogens is 506 g/mol. The molecule has 0 radical (unpaired) electrons. The summed E-state index contributed by atoms with van der Waals surface area (Å²) in [5.41, 5.74) is 3.01. The number of likely N-dealkylation sites (tertiary alicyclic amines) is 1. The fourth-order valence-corrected chi connectivity index (χ4v) is 7.93. The van der Waals surface area contributed by atoms with Gasteiger partial charge < -0.3 is 30.9 Å². The number of fused-ring (bicyclic) bond motifs is 4. The van der Waals surface area contributed by atoms with E-state index in [-0.39, 0.29) is 35.8 Å². The number of allylic oxidation sites excluding steroid dienone is 1. The zero-order chi connectivity index (χ0) is 28.3. The highest BCUT2D eigenvalue weighted by atomic mass is 16.5. The molecule has 1 saturated carbocycles. The van der Waals surface area contributed by atoms with Crippen molar-refractivity contribution in [1.29, 1.82) is 0 Å². The second kappa shape index (κ2) is 8.30. The van der Waals surface area contributed by atoms with E-state index in [0.717, 1.165) is 18.5 Å². The molecule has 1 saturated heterocycles. The fraction of sp³-hybridized carbons (Fsp3) is 0.536. The van der Waals surface area contributed by atoms with Crippen molar-refractivity contribution in [2.45, 2.75) is 36.9 Å². The summed E-state index contributed by atoms with van der Waals surface area (Å²) in [6, 6.07) is 0.563. The summed E-state index contributed by atoms with van der Waals surface area (Å²) >= 11 is 0. The Hall–Kier alpha value is -3.41. The number of likely N-dealkylation sites (N-methyl/N-ethyl adjacent to an activating group) is 1. The van der Waals surface area contributed by atoms with Crippen LogP contribution in [0.5, 0.6) is 11.5 Å². The first-order valence-electron chi connectivity index (χ1n) is 13.1. The molecule has 39 heavy (non-hydrogen) atoms. The normalized spacial score (nSPS) is 35.5. The average molecular weight is 540 g/mol. The number of phenolic OH excluding ortho intramolecular Hbond substituents is 1. The van der Waals surface area contributed by atoms with Gasteiger partial charge in [-0.1, -0.05) is 0 Å². The van der Waals surface area contributed by atoms with Gasteiger partial charge in [-0.05, 0) is 64.2 Å². The van der Waals surface area contributed by atoms with Gasteiger partial charge in [0.05, 0.1) is 18.7 Å². The zero-order valence-corrected chi connectivity index (χ0v) is 22.3. The molecule has 1 aliphatic heterocycles. The van der Waals surface area contributed by atoms with Gasteiger partial charge in [0.1, 0.15) is 28.6 Å². The number of nitrogens with zero attached hydrogens (tertiary/aromatic N) is 2. The van der Waals surface area contributed by atoms with Gasteiger partial charge in [-0.15, -0.1) is 0 Å². The molecule has 3 unspecified atom stereocenters. The Balaban J connectivity index is 1.52. The largest absolute Gasteiger partial charge is 0.510 e. The number of primary amides is 1. The number of nitrogens with two attached hydrogens (primary N) is 1. The lowest BCUT2D eigenvalue weighted by Gasteiger charge is -2.50. The summed E-state index contributed by atoms with van der Waals surface area (Å²) in [4.78, 5) is 43.2. The van der Waals surface area contributed by atoms with Crippen LogP contribution in [0.1, 0.15) is 40.4 Å². The van der Waals surface area contributed by atoms with Crippen LogP contribution in [-0.2, 0) is 16.0 Å². The lowest BCUT2D eigenvalue weighted by molar-refractivity contribution is -0.148. The highest BCUT2D eigenvalue weighted by molar-refractivity contribution is 6.24. The van der Waals surface area contributed by atoms with Crippen molar-refractivity contribution in [3.05, 3.63) is 45.4 Å². The van der Waals surface area contributed by atoms with Crippen molar-refractivity contribution in [1.82, 2.24) is 9.80 Å². The Morgan fingerprint density at radius 2 is 1.90 bits per heavy atom. The van der Waals surface area contributed by atoms with Crippen LogP contribution in [0, 0.1) is 23.7 Å². The number of hydrogen-bond acceptors (Lipinski definition) is 10. The Labute approximate surface area is 225 Å². The Kier molecular flexibility index (Phi) is 5.50. The third-order valence-corrected chi connectivity index (χ3v) is 9.60. The highest BCUT2D eigenvalue weighted by Gasteiger charge is 2.63. The van der Waals surface area contributed by atoms with Crippen molar-refractivity contribution < 1.29 is 39.5 Å². The van der Waals surface area contributed by atoms with E-state index in [1.165, 1.54) is 12.0 Å². The van der Waals surface area contributed by atoms with Crippen LogP contribution in [0.2, 0.25) is 0 Å². The number of benzene rings is 1. The van der Waals surface area contributed by atoms with E-state index in [0.29, 0.717) is 23.1 Å². The van der Waals surface area contributed by atoms with Crippen molar-refractivity contribution >= 4 is 17.5 Å². The van der Waals surface area contributed by atoms with E-state index >= 15 is 0 Å². The van der Waals surface area contributed by atoms with E-state index < -0.39 is 58.0 Å². The quantitative estimate of drug-likeness (QED) is 0.344. The summed E-state index contributed by atoms with van der Waals surface area (Å²) in [5.74, 6) is -5.08. The summed E-state index contributed by atoms with van der Waals surface area (Å²) in [7, 11) is 6.76. The third-order valence-electron chi connectivity index (χ3n) is 9.60. The Bertz CT molecular complexity index is 1410. The minimum Gasteiger partial charge on any atom is -0.510 e. The molecule has 11 nitrogen and oxygen atoms in total. The van der Waals surface area contributed by atoms with Crippen LogP contribution in [0.15, 0.2) is 28.7 Å². The number of hydrogen-bond donors (Lipinski definition) is 5. The molecule has 1 amide bonds. The summed E-state index contributed by atoms with van der Waals surface area (Å²) in [6.07, 6.45) is 1.33. The van der Waals surface area contributed by atoms with E-state index in [1.54, 1.807) is 20.2 Å². The van der Waals surface area contributed by atoms with Crippen LogP contribution in [0.4, 0.5) is 0 Å². The van der Waals surface area contributed by atoms with Crippen molar-refractivity contribution in [2.75, 3.05) is 34.8 Å². The van der Waals surface area contributed by atoms with Gasteiger partial charge in [-0.25, -0.2) is 0 Å². The van der Waals surface area contributed by atoms with E-state index in [2.05, 4.69) is 4.90 Å². The van der Waals surface area contributed by atoms with Crippen LogP contribution >= 0.6 is 0 Å². The number of methoxy groups -OCH3 is 1. The van der Waals surface area contributed by atoms with Gasteiger partial charge in [-0.2, -0.15) is 0 Å². The molecule has 1 heterocycles. The number of carbonyl (C=O) groups excluding carboxylic acids is 3. The molecule has 0 bridgehead atoms. The molecule has 6 rings (SSSR count). The topological polar surface area (TPSA) is 174 Å². The van der Waals surface area contributed by atoms with E-state index in [4.69, 9.17) is 10.5 Å². The summed E-state index contributed by atoms with van der Waals surface area (Å²) in [6.45, 7) is 0.948. The van der Waals surface area contributed by atoms with Gasteiger partial charge in [0.15, 0.2) is 11.4 Å². The van der Waals surface area contributed by atoms with Crippen LogP contribution in [0.25, 0.3) is 0 Å². The fourth-order valence-electron chi connectivity index (χ4n) is 7.93. The number of aromatic hydroxyl groups is 1. The van der Waals surface area contributed by atoms with Gasteiger partial charge in [-0.3, -0.25) is 24.2 Å². The van der Waals surface area contributed by atoms with Crippen LogP contribution in [0.3, 0.4) is 0 Å². The number of amides is 1. The standard InChI is InChI=1S/C28H33N3O8/c1-30(2)21-15-7-10-5-13-18(16(32)8-14(24(13)39-4)20-12-6-11(12)9-31(20)3)22(33)17(10)25(35)28(15,38)26(36)19(23(21)34)27(29)37/h8,10-12,15,20-21,32,34-35,38H,5-7,9H2,1-4H3,(H2,29,37)/t10-,11?,12?,15-,20?,21-,28-/m0/s1. The number of ether oxygens (including phenoxy) is 1. The summed E-state index contributed by atoms with van der Waals surface area (Å²) in [5, 5.41) is 45.2. The number of rotatable bonds is 4. The zero-order valence-electron chi connectivity index (χ0n) is 22.3. The lowest BCUT2D eigenvalue weighted by atomic mass is 9.58. The lowest BCUT2D eigenvalue weighted by Crippen LogP contribution is -2.63. The SMILES string of the molecule is COc1c(C2C3CC3CN2C)cc(O)c2c1C[C@H]1C[C@H]3[C@H](N(C)C)C(O)=C(C(N)=O)C(=O)[C@@]3(O)C(O)=C1C2=O. The first-order chi connectivity index (χ1) is 18.3. The maximum absolute atomic E-state index is 13.9. The number of phenols is 1. The number of ketones is 2. The first kappa shape index (κ1) is 25.8. The molecule has 4 aliphatic carbocycles. The first-order valence-corrected chi connectivity index (χ1v) is 13.1. The van der Waals surface area contributed by atoms with Crippen LogP contribution in [-0.4, -0.2) is 94.1 Å². The summed E-state index contributed by atoms with van der Waals surface area (Å²) < 4.78 is 5.86. The minimum atomic E-state index is -2.66. The second-order valence-electron chi connectivity index (χ2n) is 11.9. The number of Topliss-reactive ketones (excluding diaryl/α,β-unsaturated/α-hetero) is 2. The number of aliphatic hydroxyl groups is 3. The van der Waals surface area contributed by atoms with Gasteiger partial charge in [0.2, 0.25) is 5.78 Å². The number of piperidine rings is 1. The van der Waals surface area contributed by atoms with Crippen LogP contribution < -0.4 is 10.5 Å². The maximum Gasteiger partial charge on any atom is 0.255 e. The monoisotopic (exact) mass is 539 g/mol. The predicted molar refractivity (Wildman–Crippen MR) is 137 cm³/mol. The predicted octanol–water partition coefficient (Wildman–Crippen LogP) is 0.752. The van der Waals surface area contributed by atoms with E-state index in [1.807, 2.05) is 7.05 Å². The van der Waals surface area contributed by atoms with Crippen molar-refractivity contribution in [3.8, 4) is 11.5 Å². The molecule has 6 N–H and O–H groups in total. The molecule has 1 aromatic carbocycles. The van der Waals surface area contributed by atoms with Gasteiger partial charge in [0, 0.05) is 35.2 Å². The minimum absolute atomic E-state index is 0.0357. The molecule has 2 fully saturated rings. The maximum atomic E-state index is 13.9. The highest BCUT2D eigenvalue weighted by Crippen LogP contribution is 2.59. The molecule has 1 aromatic rings. The Morgan fingerprint density at radius 1 is 1.21 bits per heavy atom. The molecule has 5 aliphatic rings. The van der Waals surface area contributed by atoms with Gasteiger partial charge >= 0.3 is 0 Å².